The van der Waals surface area contributed by atoms with E-state index < -0.39 is 0 Å². The van der Waals surface area contributed by atoms with Gasteiger partial charge in [-0.15, -0.1) is 0 Å². The Labute approximate surface area is 124 Å². The van der Waals surface area contributed by atoms with Crippen molar-refractivity contribution in [3.63, 3.8) is 0 Å². The molecule has 3 heteroatoms. The number of phenols is 1. The Morgan fingerprint density at radius 3 is 2.62 bits per heavy atom. The van der Waals surface area contributed by atoms with Gasteiger partial charge in [0.1, 0.15) is 5.75 Å². The van der Waals surface area contributed by atoms with Gasteiger partial charge in [0.15, 0.2) is 0 Å². The predicted octanol–water partition coefficient (Wildman–Crippen LogP) is 3.52. The largest absolute Gasteiger partial charge is 0.507 e. The summed E-state index contributed by atoms with van der Waals surface area (Å²) in [6.45, 7) is 4.40. The summed E-state index contributed by atoms with van der Waals surface area (Å²) >= 11 is 0. The molecule has 3 nitrogen and oxygen atoms in total. The van der Waals surface area contributed by atoms with E-state index in [0.717, 1.165) is 16.7 Å². The minimum atomic E-state index is -0.168. The first-order valence-corrected chi connectivity index (χ1v) is 6.96. The quantitative estimate of drug-likeness (QED) is 0.842. The number of aromatic hydroxyl groups is 1. The summed E-state index contributed by atoms with van der Waals surface area (Å²) in [4.78, 5) is 11.5. The first-order valence-electron chi connectivity index (χ1n) is 6.96. The molecular formula is C18H19NO2. The Kier molecular flexibility index (Phi) is 4.77. The van der Waals surface area contributed by atoms with Crippen molar-refractivity contribution in [2.24, 2.45) is 0 Å². The fourth-order valence-electron chi connectivity index (χ4n) is 2.17. The summed E-state index contributed by atoms with van der Waals surface area (Å²) in [5.41, 5.74) is 3.76. The molecule has 21 heavy (non-hydrogen) atoms. The van der Waals surface area contributed by atoms with Crippen LogP contribution < -0.4 is 5.32 Å². The van der Waals surface area contributed by atoms with E-state index in [-0.39, 0.29) is 11.7 Å². The number of rotatable bonds is 4. The van der Waals surface area contributed by atoms with Gasteiger partial charge in [-0.3, -0.25) is 4.79 Å². The van der Waals surface area contributed by atoms with E-state index in [0.29, 0.717) is 12.1 Å². The van der Waals surface area contributed by atoms with E-state index in [4.69, 9.17) is 0 Å². The Balaban J connectivity index is 2.37. The molecule has 0 aliphatic carbocycles. The van der Waals surface area contributed by atoms with Crippen molar-refractivity contribution in [3.05, 3.63) is 59.7 Å². The number of carbonyl (C=O) groups excluding carboxylic acids is 1. The molecule has 0 aromatic heterocycles. The highest BCUT2D eigenvalue weighted by Crippen LogP contribution is 2.30. The molecule has 0 atom stereocenters. The highest BCUT2D eigenvalue weighted by molar-refractivity contribution is 5.92. The molecule has 0 bridgehead atoms. The van der Waals surface area contributed by atoms with Gasteiger partial charge in [0.2, 0.25) is 5.91 Å². The molecule has 2 aromatic carbocycles. The SMILES string of the molecule is CCNC(=O)/C=C/c1cc(-c2ccccc2)c(C)cc1O. The number of hydrogen-bond donors (Lipinski definition) is 2. The number of nitrogens with one attached hydrogen (secondary N) is 1. The smallest absolute Gasteiger partial charge is 0.243 e. The maximum absolute atomic E-state index is 11.5. The van der Waals surface area contributed by atoms with Crippen LogP contribution in [0.4, 0.5) is 0 Å². The zero-order valence-electron chi connectivity index (χ0n) is 12.3. The molecule has 0 spiro atoms. The molecule has 2 aromatic rings. The number of phenolic OH excluding ortho intramolecular Hbond substituents is 1. The first kappa shape index (κ1) is 14.9. The van der Waals surface area contributed by atoms with Crippen molar-refractivity contribution in [3.8, 4) is 16.9 Å². The van der Waals surface area contributed by atoms with E-state index >= 15 is 0 Å². The van der Waals surface area contributed by atoms with Gasteiger partial charge in [0, 0.05) is 18.2 Å². The number of amides is 1. The first-order chi connectivity index (χ1) is 10.1. The van der Waals surface area contributed by atoms with Crippen LogP contribution in [0.5, 0.6) is 5.75 Å². The monoisotopic (exact) mass is 281 g/mol. The van der Waals surface area contributed by atoms with Crippen LogP contribution in [0, 0.1) is 6.92 Å². The Morgan fingerprint density at radius 2 is 1.95 bits per heavy atom. The molecule has 2 N–H and O–H groups in total. The number of hydrogen-bond acceptors (Lipinski definition) is 2. The van der Waals surface area contributed by atoms with Crippen molar-refractivity contribution >= 4 is 12.0 Å². The topological polar surface area (TPSA) is 49.3 Å². The molecule has 0 unspecified atom stereocenters. The lowest BCUT2D eigenvalue weighted by Crippen LogP contribution is -2.19. The van der Waals surface area contributed by atoms with Crippen LogP contribution in [-0.4, -0.2) is 17.6 Å². The van der Waals surface area contributed by atoms with Crippen molar-refractivity contribution in [1.82, 2.24) is 5.32 Å². The number of likely N-dealkylation sites (N-methyl/N-ethyl adjacent to an activating group) is 1. The van der Waals surface area contributed by atoms with Gasteiger partial charge in [-0.1, -0.05) is 30.3 Å². The van der Waals surface area contributed by atoms with Gasteiger partial charge in [-0.25, -0.2) is 0 Å². The fraction of sp³-hybridized carbons (Fsp3) is 0.167. The molecule has 2 rings (SSSR count). The maximum Gasteiger partial charge on any atom is 0.243 e. The highest BCUT2D eigenvalue weighted by Gasteiger charge is 2.07. The highest BCUT2D eigenvalue weighted by atomic mass is 16.3. The summed E-state index contributed by atoms with van der Waals surface area (Å²) in [6.07, 6.45) is 3.06. The molecule has 0 saturated carbocycles. The van der Waals surface area contributed by atoms with Gasteiger partial charge in [0.25, 0.3) is 0 Å². The lowest BCUT2D eigenvalue weighted by Gasteiger charge is -2.09. The second-order valence-corrected chi connectivity index (χ2v) is 4.82. The molecule has 0 heterocycles. The molecular weight excluding hydrogens is 262 g/mol. The number of benzene rings is 2. The van der Waals surface area contributed by atoms with Crippen molar-refractivity contribution in [1.29, 1.82) is 0 Å². The summed E-state index contributed by atoms with van der Waals surface area (Å²) in [7, 11) is 0. The third-order valence-corrected chi connectivity index (χ3v) is 3.22. The van der Waals surface area contributed by atoms with E-state index in [9.17, 15) is 9.90 Å². The lowest BCUT2D eigenvalue weighted by atomic mass is 9.97. The van der Waals surface area contributed by atoms with Crippen LogP contribution in [0.25, 0.3) is 17.2 Å². The third-order valence-electron chi connectivity index (χ3n) is 3.22. The summed E-state index contributed by atoms with van der Waals surface area (Å²) < 4.78 is 0. The molecule has 0 saturated heterocycles. The molecule has 0 aliphatic rings. The average Bonchev–Trinajstić information content (AvgIpc) is 2.47. The van der Waals surface area contributed by atoms with Gasteiger partial charge in [-0.2, -0.15) is 0 Å². The summed E-state index contributed by atoms with van der Waals surface area (Å²) in [5.74, 6) is 0.00599. The molecule has 0 aliphatic heterocycles. The molecule has 0 radical (unpaired) electrons. The fourth-order valence-corrected chi connectivity index (χ4v) is 2.17. The number of carbonyl (C=O) groups is 1. The van der Waals surface area contributed by atoms with Crippen LogP contribution in [0.15, 0.2) is 48.5 Å². The van der Waals surface area contributed by atoms with Gasteiger partial charge in [0.05, 0.1) is 0 Å². The van der Waals surface area contributed by atoms with Gasteiger partial charge in [-0.05, 0) is 48.7 Å². The van der Waals surface area contributed by atoms with E-state index in [1.54, 1.807) is 12.1 Å². The maximum atomic E-state index is 11.5. The molecule has 1 amide bonds. The van der Waals surface area contributed by atoms with Crippen molar-refractivity contribution in [2.45, 2.75) is 13.8 Å². The van der Waals surface area contributed by atoms with E-state index in [1.165, 1.54) is 6.08 Å². The Hall–Kier alpha value is -2.55. The standard InChI is InChI=1S/C18H19NO2/c1-3-19-18(21)10-9-15-12-16(13(2)11-17(15)20)14-7-5-4-6-8-14/h4-12,20H,3H2,1-2H3,(H,19,21)/b10-9+. The third kappa shape index (κ3) is 3.72. The minimum Gasteiger partial charge on any atom is -0.507 e. The van der Waals surface area contributed by atoms with E-state index in [1.807, 2.05) is 50.2 Å². The lowest BCUT2D eigenvalue weighted by molar-refractivity contribution is -0.116. The summed E-state index contributed by atoms with van der Waals surface area (Å²) in [5, 5.41) is 12.7. The Morgan fingerprint density at radius 1 is 1.24 bits per heavy atom. The Bertz CT molecular complexity index is 660. The van der Waals surface area contributed by atoms with Crippen LogP contribution in [-0.2, 0) is 4.79 Å². The second-order valence-electron chi connectivity index (χ2n) is 4.82. The van der Waals surface area contributed by atoms with Crippen LogP contribution in [0.2, 0.25) is 0 Å². The second kappa shape index (κ2) is 6.75. The molecule has 108 valence electrons. The van der Waals surface area contributed by atoms with E-state index in [2.05, 4.69) is 5.32 Å². The van der Waals surface area contributed by atoms with Crippen LogP contribution >= 0.6 is 0 Å². The predicted molar refractivity (Wildman–Crippen MR) is 86.0 cm³/mol. The number of aryl methyl sites for hydroxylation is 1. The molecule has 0 fully saturated rings. The minimum absolute atomic E-state index is 0.168. The normalized spacial score (nSPS) is 10.8. The average molecular weight is 281 g/mol. The van der Waals surface area contributed by atoms with Crippen LogP contribution in [0.3, 0.4) is 0 Å². The van der Waals surface area contributed by atoms with Gasteiger partial charge >= 0.3 is 0 Å². The summed E-state index contributed by atoms with van der Waals surface area (Å²) in [6, 6.07) is 13.6. The van der Waals surface area contributed by atoms with Gasteiger partial charge < -0.3 is 10.4 Å². The zero-order valence-corrected chi connectivity index (χ0v) is 12.3. The van der Waals surface area contributed by atoms with Crippen molar-refractivity contribution in [2.75, 3.05) is 6.54 Å². The zero-order chi connectivity index (χ0) is 15.2. The van der Waals surface area contributed by atoms with Crippen molar-refractivity contribution < 1.29 is 9.90 Å². The van der Waals surface area contributed by atoms with Crippen LogP contribution in [0.1, 0.15) is 18.1 Å².